The van der Waals surface area contributed by atoms with Crippen molar-refractivity contribution in [2.45, 2.75) is 6.42 Å². The van der Waals surface area contributed by atoms with Gasteiger partial charge in [-0.1, -0.05) is 15.9 Å². The lowest BCUT2D eigenvalue weighted by Crippen LogP contribution is -2.40. The van der Waals surface area contributed by atoms with Gasteiger partial charge < -0.3 is 9.80 Å². The Bertz CT molecular complexity index is 1210. The van der Waals surface area contributed by atoms with Crippen LogP contribution in [0.15, 0.2) is 47.2 Å². The summed E-state index contributed by atoms with van der Waals surface area (Å²) in [7, 11) is 0. The quantitative estimate of drug-likeness (QED) is 0.364. The third-order valence-electron chi connectivity index (χ3n) is 6.27. The molecule has 0 radical (unpaired) electrons. The van der Waals surface area contributed by atoms with Crippen LogP contribution in [0, 0.1) is 11.8 Å². The molecule has 3 amide bonds. The Morgan fingerprint density at radius 1 is 1.03 bits per heavy atom. The first kappa shape index (κ1) is 21.5. The zero-order valence-electron chi connectivity index (χ0n) is 17.6. The zero-order chi connectivity index (χ0) is 22.9. The number of pyridine rings is 1. The van der Waals surface area contributed by atoms with Gasteiger partial charge in [0.05, 0.1) is 22.8 Å². The number of hydrogen-bond donors (Lipinski definition) is 3. The Balaban J connectivity index is 1.22. The summed E-state index contributed by atoms with van der Waals surface area (Å²) in [4.78, 5) is 41.7. The van der Waals surface area contributed by atoms with Crippen molar-refractivity contribution in [2.75, 3.05) is 36.4 Å². The fraction of sp³-hybridized carbons (Fsp3) is 0.318. The Kier molecular flexibility index (Phi) is 5.81. The number of aromatic nitrogens is 3. The standard InChI is InChI=1S/C22H22BrN7O3/c23-16-2-3-17-18(7-16)24-9-20(26-17)29-6-5-14-10-30(12-15(14)11-29)22(32)27-19-4-1-13(8-25-19)21(31)28-33/h1-4,7-9,14-15,33H,5-6,10-12H2,(H,28,31)(H,25,27,32). The Hall–Kier alpha value is -3.31. The van der Waals surface area contributed by atoms with Crippen molar-refractivity contribution in [3.8, 4) is 0 Å². The minimum absolute atomic E-state index is 0.201. The van der Waals surface area contributed by atoms with E-state index in [0.29, 0.717) is 30.7 Å². The summed E-state index contributed by atoms with van der Waals surface area (Å²) in [5.41, 5.74) is 3.47. The third kappa shape index (κ3) is 4.46. The first-order valence-electron chi connectivity index (χ1n) is 10.6. The second-order valence-electron chi connectivity index (χ2n) is 8.32. The lowest BCUT2D eigenvalue weighted by atomic mass is 9.89. The van der Waals surface area contributed by atoms with Crippen LogP contribution >= 0.6 is 15.9 Å². The second-order valence-corrected chi connectivity index (χ2v) is 9.24. The number of hydroxylamine groups is 1. The van der Waals surface area contributed by atoms with E-state index in [1.54, 1.807) is 5.48 Å². The van der Waals surface area contributed by atoms with Crippen LogP contribution in [-0.2, 0) is 0 Å². The summed E-state index contributed by atoms with van der Waals surface area (Å²) in [6, 6.07) is 8.68. The van der Waals surface area contributed by atoms with Crippen LogP contribution in [-0.4, -0.2) is 63.2 Å². The predicted octanol–water partition coefficient (Wildman–Crippen LogP) is 2.90. The lowest BCUT2D eigenvalue weighted by molar-refractivity contribution is 0.0706. The van der Waals surface area contributed by atoms with Gasteiger partial charge in [-0.15, -0.1) is 0 Å². The van der Waals surface area contributed by atoms with E-state index >= 15 is 0 Å². The van der Waals surface area contributed by atoms with Crippen LogP contribution in [0.1, 0.15) is 16.8 Å². The number of anilines is 2. The highest BCUT2D eigenvalue weighted by molar-refractivity contribution is 9.10. The molecule has 2 aliphatic heterocycles. The maximum absolute atomic E-state index is 12.8. The number of nitrogens with zero attached hydrogens (tertiary/aromatic N) is 5. The highest BCUT2D eigenvalue weighted by Gasteiger charge is 2.39. The molecule has 0 bridgehead atoms. The molecule has 3 N–H and O–H groups in total. The predicted molar refractivity (Wildman–Crippen MR) is 125 cm³/mol. The number of nitrogens with one attached hydrogen (secondary N) is 2. The number of likely N-dealkylation sites (tertiary alicyclic amines) is 1. The van der Waals surface area contributed by atoms with Crippen LogP contribution < -0.4 is 15.7 Å². The molecule has 5 rings (SSSR count). The van der Waals surface area contributed by atoms with Gasteiger partial charge in [-0.25, -0.2) is 20.2 Å². The average molecular weight is 512 g/mol. The van der Waals surface area contributed by atoms with Crippen molar-refractivity contribution < 1.29 is 14.8 Å². The van der Waals surface area contributed by atoms with E-state index in [1.165, 1.54) is 18.3 Å². The van der Waals surface area contributed by atoms with E-state index in [-0.39, 0.29) is 11.6 Å². The Morgan fingerprint density at radius 2 is 1.88 bits per heavy atom. The monoisotopic (exact) mass is 511 g/mol. The number of urea groups is 1. The van der Waals surface area contributed by atoms with Crippen LogP contribution in [0.3, 0.4) is 0 Å². The minimum atomic E-state index is -0.655. The molecule has 1 aromatic carbocycles. The SMILES string of the molecule is O=C(NO)c1ccc(NC(=O)N2CC3CCN(c4cnc5cc(Br)ccc5n4)CC3C2)nc1. The normalized spacial score (nSPS) is 19.9. The van der Waals surface area contributed by atoms with E-state index in [2.05, 4.69) is 36.1 Å². The number of hydrogen-bond acceptors (Lipinski definition) is 7. The van der Waals surface area contributed by atoms with Gasteiger partial charge in [0.25, 0.3) is 5.91 Å². The number of fused-ring (bicyclic) bond motifs is 2. The van der Waals surface area contributed by atoms with E-state index in [1.807, 2.05) is 29.3 Å². The topological polar surface area (TPSA) is 124 Å². The van der Waals surface area contributed by atoms with Gasteiger partial charge in [0.15, 0.2) is 0 Å². The molecule has 2 unspecified atom stereocenters. The first-order valence-corrected chi connectivity index (χ1v) is 11.4. The minimum Gasteiger partial charge on any atom is -0.355 e. The molecule has 33 heavy (non-hydrogen) atoms. The summed E-state index contributed by atoms with van der Waals surface area (Å²) in [6.45, 7) is 3.07. The van der Waals surface area contributed by atoms with E-state index in [4.69, 9.17) is 10.2 Å². The summed E-state index contributed by atoms with van der Waals surface area (Å²) in [6.07, 6.45) is 4.10. The molecule has 10 nitrogen and oxygen atoms in total. The highest BCUT2D eigenvalue weighted by atomic mass is 79.9. The van der Waals surface area contributed by atoms with Crippen LogP contribution in [0.2, 0.25) is 0 Å². The van der Waals surface area contributed by atoms with E-state index < -0.39 is 5.91 Å². The zero-order valence-corrected chi connectivity index (χ0v) is 19.2. The smallest absolute Gasteiger partial charge is 0.323 e. The molecule has 2 aromatic heterocycles. The molecule has 2 aliphatic rings. The van der Waals surface area contributed by atoms with Gasteiger partial charge in [0.2, 0.25) is 0 Å². The number of benzene rings is 1. The molecule has 170 valence electrons. The van der Waals surface area contributed by atoms with Crippen molar-refractivity contribution >= 4 is 50.5 Å². The van der Waals surface area contributed by atoms with Crippen LogP contribution in [0.4, 0.5) is 16.4 Å². The van der Waals surface area contributed by atoms with Gasteiger partial charge in [-0.2, -0.15) is 0 Å². The summed E-state index contributed by atoms with van der Waals surface area (Å²) in [5.74, 6) is 1.36. The van der Waals surface area contributed by atoms with Crippen molar-refractivity contribution in [2.24, 2.45) is 11.8 Å². The fourth-order valence-electron chi connectivity index (χ4n) is 4.52. The molecule has 0 saturated carbocycles. The Morgan fingerprint density at radius 3 is 2.67 bits per heavy atom. The largest absolute Gasteiger partial charge is 0.355 e. The molecule has 0 aliphatic carbocycles. The van der Waals surface area contributed by atoms with Crippen molar-refractivity contribution in [3.63, 3.8) is 0 Å². The number of amides is 3. The van der Waals surface area contributed by atoms with Gasteiger partial charge >= 0.3 is 6.03 Å². The van der Waals surface area contributed by atoms with E-state index in [0.717, 1.165) is 40.8 Å². The summed E-state index contributed by atoms with van der Waals surface area (Å²) in [5, 5.41) is 11.5. The number of halogens is 1. The van der Waals surface area contributed by atoms with Crippen molar-refractivity contribution in [3.05, 3.63) is 52.8 Å². The number of piperidine rings is 1. The summed E-state index contributed by atoms with van der Waals surface area (Å²) >= 11 is 3.46. The lowest BCUT2D eigenvalue weighted by Gasteiger charge is -2.34. The number of carbonyl (C=O) groups is 2. The molecule has 2 fully saturated rings. The highest BCUT2D eigenvalue weighted by Crippen LogP contribution is 2.33. The molecule has 4 heterocycles. The average Bonchev–Trinajstić information content (AvgIpc) is 3.27. The fourth-order valence-corrected chi connectivity index (χ4v) is 4.87. The maximum atomic E-state index is 12.8. The molecular weight excluding hydrogens is 490 g/mol. The van der Waals surface area contributed by atoms with Gasteiger partial charge in [0, 0.05) is 36.8 Å². The molecule has 3 aromatic rings. The third-order valence-corrected chi connectivity index (χ3v) is 6.76. The van der Waals surface area contributed by atoms with Gasteiger partial charge in [-0.05, 0) is 48.6 Å². The number of rotatable bonds is 3. The molecule has 0 spiro atoms. The van der Waals surface area contributed by atoms with Crippen molar-refractivity contribution in [1.29, 1.82) is 0 Å². The molecule has 2 atom stereocenters. The van der Waals surface area contributed by atoms with Crippen LogP contribution in [0.25, 0.3) is 11.0 Å². The van der Waals surface area contributed by atoms with E-state index in [9.17, 15) is 9.59 Å². The molecule has 11 heteroatoms. The summed E-state index contributed by atoms with van der Waals surface area (Å²) < 4.78 is 0.976. The molecular formula is C22H22BrN7O3. The molecule has 2 saturated heterocycles. The van der Waals surface area contributed by atoms with Gasteiger partial charge in [0.1, 0.15) is 11.6 Å². The maximum Gasteiger partial charge on any atom is 0.323 e. The van der Waals surface area contributed by atoms with Crippen molar-refractivity contribution in [1.82, 2.24) is 25.3 Å². The first-order chi connectivity index (χ1) is 16.0. The second kappa shape index (κ2) is 8.91. The number of carbonyl (C=O) groups excluding carboxylic acids is 2. The van der Waals surface area contributed by atoms with Gasteiger partial charge in [-0.3, -0.25) is 20.3 Å². The van der Waals surface area contributed by atoms with Crippen LogP contribution in [0.5, 0.6) is 0 Å². The Labute approximate surface area is 198 Å².